The van der Waals surface area contributed by atoms with Gasteiger partial charge in [-0.2, -0.15) is 5.10 Å². The first kappa shape index (κ1) is 27.8. The summed E-state index contributed by atoms with van der Waals surface area (Å²) in [6.45, 7) is 2.52. The van der Waals surface area contributed by atoms with Crippen molar-refractivity contribution in [2.45, 2.75) is 108 Å². The van der Waals surface area contributed by atoms with Crippen LogP contribution in [-0.2, 0) is 17.8 Å². The summed E-state index contributed by atoms with van der Waals surface area (Å²) in [7, 11) is 0. The maximum atomic E-state index is 14.4. The van der Waals surface area contributed by atoms with Gasteiger partial charge in [0.1, 0.15) is 12.7 Å². The first-order valence-corrected chi connectivity index (χ1v) is 16.6. The van der Waals surface area contributed by atoms with Gasteiger partial charge in [0.05, 0.1) is 11.6 Å². The van der Waals surface area contributed by atoms with Gasteiger partial charge in [0.2, 0.25) is 5.91 Å². The number of piperidine rings is 1. The standard InChI is InChI=1S/C33H46ClN5O2/c34-28-8-6-23(7-9-28)16-29(37-30-25-14-24-15-26(30)19-33(41,17-24)18-25)31(40)38-12-10-32(11-13-38,20-39-22-35-21-36-39)27-4-2-1-3-5-27/h6-9,21-22,24-27,29-30,37,41H,1-5,10-20H2/t24-,25+,26-,29-,30?,33?/m1/s1. The summed E-state index contributed by atoms with van der Waals surface area (Å²) in [4.78, 5) is 20.7. The Labute approximate surface area is 249 Å². The van der Waals surface area contributed by atoms with Gasteiger partial charge in [0, 0.05) is 30.7 Å². The van der Waals surface area contributed by atoms with Crippen molar-refractivity contribution in [1.82, 2.24) is 25.0 Å². The summed E-state index contributed by atoms with van der Waals surface area (Å²) in [5.41, 5.74) is 0.854. The minimum absolute atomic E-state index is 0.181. The van der Waals surface area contributed by atoms with Gasteiger partial charge in [-0.15, -0.1) is 0 Å². The van der Waals surface area contributed by atoms with E-state index in [-0.39, 0.29) is 17.4 Å². The molecule has 2 heterocycles. The second-order valence-electron chi connectivity index (χ2n) is 14.4. The molecule has 8 heteroatoms. The zero-order valence-corrected chi connectivity index (χ0v) is 25.0. The molecule has 222 valence electrons. The molecule has 1 amide bonds. The molecule has 1 saturated heterocycles. The van der Waals surface area contributed by atoms with Crippen molar-refractivity contribution in [2.75, 3.05) is 13.1 Å². The number of hydrogen-bond acceptors (Lipinski definition) is 5. The number of likely N-dealkylation sites (tertiary alicyclic amines) is 1. The number of aliphatic hydroxyl groups is 1. The highest BCUT2D eigenvalue weighted by Crippen LogP contribution is 2.56. The van der Waals surface area contributed by atoms with Crippen molar-refractivity contribution < 1.29 is 9.90 Å². The van der Waals surface area contributed by atoms with Crippen LogP contribution in [0.4, 0.5) is 0 Å². The number of aromatic nitrogens is 3. The molecule has 6 aliphatic rings. The molecule has 0 spiro atoms. The van der Waals surface area contributed by atoms with Crippen molar-refractivity contribution in [3.05, 3.63) is 47.5 Å². The average Bonchev–Trinajstić information content (AvgIpc) is 3.48. The predicted molar refractivity (Wildman–Crippen MR) is 159 cm³/mol. The van der Waals surface area contributed by atoms with Crippen LogP contribution in [0.15, 0.2) is 36.9 Å². The third kappa shape index (κ3) is 5.71. The zero-order chi connectivity index (χ0) is 28.0. The molecule has 8 rings (SSSR count). The summed E-state index contributed by atoms with van der Waals surface area (Å²) in [5.74, 6) is 2.52. The topological polar surface area (TPSA) is 83.3 Å². The molecule has 0 radical (unpaired) electrons. The number of rotatable bonds is 8. The van der Waals surface area contributed by atoms with Gasteiger partial charge in [0.25, 0.3) is 0 Å². The lowest BCUT2D eigenvalue weighted by molar-refractivity contribution is -0.146. The number of amides is 1. The van der Waals surface area contributed by atoms with Crippen LogP contribution in [-0.4, -0.2) is 61.5 Å². The summed E-state index contributed by atoms with van der Waals surface area (Å²) >= 11 is 6.20. The Bertz CT molecular complexity index is 1170. The Balaban J connectivity index is 1.09. The summed E-state index contributed by atoms with van der Waals surface area (Å²) in [6.07, 6.45) is 17.9. The third-order valence-corrected chi connectivity index (χ3v) is 12.0. The van der Waals surface area contributed by atoms with E-state index in [0.717, 1.165) is 62.3 Å². The van der Waals surface area contributed by atoms with Crippen molar-refractivity contribution in [1.29, 1.82) is 0 Å². The molecule has 5 saturated carbocycles. The minimum atomic E-state index is -0.468. The lowest BCUT2D eigenvalue weighted by Gasteiger charge is -2.58. The van der Waals surface area contributed by atoms with Crippen LogP contribution in [0.2, 0.25) is 5.02 Å². The lowest BCUT2D eigenvalue weighted by Crippen LogP contribution is -2.64. The Kier molecular flexibility index (Phi) is 7.66. The number of carbonyl (C=O) groups is 1. The van der Waals surface area contributed by atoms with Crippen LogP contribution >= 0.6 is 11.6 Å². The molecular weight excluding hydrogens is 534 g/mol. The van der Waals surface area contributed by atoms with Crippen LogP contribution in [0.5, 0.6) is 0 Å². The van der Waals surface area contributed by atoms with Crippen LogP contribution in [0.3, 0.4) is 0 Å². The van der Waals surface area contributed by atoms with E-state index in [1.54, 1.807) is 6.33 Å². The van der Waals surface area contributed by atoms with Gasteiger partial charge in [-0.1, -0.05) is 43.0 Å². The van der Waals surface area contributed by atoms with E-state index in [1.165, 1.54) is 44.9 Å². The monoisotopic (exact) mass is 579 g/mol. The average molecular weight is 580 g/mol. The van der Waals surface area contributed by atoms with E-state index in [9.17, 15) is 9.90 Å². The number of hydrogen-bond donors (Lipinski definition) is 2. The highest BCUT2D eigenvalue weighted by atomic mass is 35.5. The SMILES string of the molecule is O=C([C@@H](Cc1ccc(Cl)cc1)NC1[C@@H]2C[C@H]3C[C@H]1CC(O)(C3)C2)N1CCC(Cn2cncn2)(C2CCCCC2)CC1. The molecule has 2 aromatic rings. The van der Waals surface area contributed by atoms with Gasteiger partial charge < -0.3 is 15.3 Å². The van der Waals surface area contributed by atoms with Crippen molar-refractivity contribution in [3.63, 3.8) is 0 Å². The quantitative estimate of drug-likeness (QED) is 0.446. The first-order valence-electron chi connectivity index (χ1n) is 16.2. The molecule has 4 bridgehead atoms. The van der Waals surface area contributed by atoms with Crippen LogP contribution < -0.4 is 5.32 Å². The normalized spacial score (nSPS) is 33.7. The number of benzene rings is 1. The summed E-state index contributed by atoms with van der Waals surface area (Å²) in [5, 5.41) is 20.3. The molecule has 6 atom stereocenters. The molecule has 41 heavy (non-hydrogen) atoms. The van der Waals surface area contributed by atoms with Gasteiger partial charge in [-0.25, -0.2) is 4.98 Å². The third-order valence-electron chi connectivity index (χ3n) is 11.8. The fraction of sp³-hybridized carbons (Fsp3) is 0.727. The minimum Gasteiger partial charge on any atom is -0.390 e. The Morgan fingerprint density at radius 2 is 1.76 bits per heavy atom. The molecule has 1 aliphatic heterocycles. The van der Waals surface area contributed by atoms with Gasteiger partial charge in [-0.05, 0) is 111 Å². The maximum absolute atomic E-state index is 14.4. The van der Waals surface area contributed by atoms with E-state index in [4.69, 9.17) is 11.6 Å². The van der Waals surface area contributed by atoms with Crippen molar-refractivity contribution in [3.8, 4) is 0 Å². The molecule has 1 aromatic carbocycles. The van der Waals surface area contributed by atoms with Crippen LogP contribution in [0, 0.1) is 29.1 Å². The van der Waals surface area contributed by atoms with Gasteiger partial charge in [0.15, 0.2) is 0 Å². The molecular formula is C33H46ClN5O2. The van der Waals surface area contributed by atoms with Crippen molar-refractivity contribution in [2.24, 2.45) is 29.1 Å². The van der Waals surface area contributed by atoms with Crippen LogP contribution in [0.25, 0.3) is 0 Å². The molecule has 7 nitrogen and oxygen atoms in total. The Hall–Kier alpha value is -1.96. The molecule has 2 unspecified atom stereocenters. The number of carbonyl (C=O) groups excluding carboxylic acids is 1. The second-order valence-corrected chi connectivity index (χ2v) is 14.8. The fourth-order valence-corrected chi connectivity index (χ4v) is 10.1. The molecule has 6 fully saturated rings. The van der Waals surface area contributed by atoms with E-state index >= 15 is 0 Å². The van der Waals surface area contributed by atoms with Crippen LogP contribution in [0.1, 0.15) is 82.6 Å². The molecule has 5 aliphatic carbocycles. The smallest absolute Gasteiger partial charge is 0.240 e. The summed E-state index contributed by atoms with van der Waals surface area (Å²) < 4.78 is 2.03. The van der Waals surface area contributed by atoms with E-state index < -0.39 is 5.60 Å². The first-order chi connectivity index (χ1) is 19.9. The van der Waals surface area contributed by atoms with Gasteiger partial charge in [-0.3, -0.25) is 9.48 Å². The van der Waals surface area contributed by atoms with Gasteiger partial charge >= 0.3 is 0 Å². The molecule has 1 aromatic heterocycles. The number of halogens is 1. The maximum Gasteiger partial charge on any atom is 0.240 e. The highest BCUT2D eigenvalue weighted by Gasteiger charge is 2.55. The van der Waals surface area contributed by atoms with E-state index in [0.29, 0.717) is 36.1 Å². The van der Waals surface area contributed by atoms with E-state index in [2.05, 4.69) is 32.4 Å². The Morgan fingerprint density at radius 3 is 2.39 bits per heavy atom. The lowest BCUT2D eigenvalue weighted by atomic mass is 9.52. The predicted octanol–water partition coefficient (Wildman–Crippen LogP) is 5.26. The highest BCUT2D eigenvalue weighted by molar-refractivity contribution is 6.30. The Morgan fingerprint density at radius 1 is 1.05 bits per heavy atom. The number of nitrogens with zero attached hydrogens (tertiary/aromatic N) is 4. The molecule has 2 N–H and O–H groups in total. The largest absolute Gasteiger partial charge is 0.390 e. The van der Waals surface area contributed by atoms with E-state index in [1.807, 2.05) is 23.1 Å². The van der Waals surface area contributed by atoms with Crippen molar-refractivity contribution >= 4 is 17.5 Å². The fourth-order valence-electron chi connectivity index (χ4n) is 10.00. The zero-order valence-electron chi connectivity index (χ0n) is 24.3. The number of nitrogens with one attached hydrogen (secondary N) is 1. The summed E-state index contributed by atoms with van der Waals surface area (Å²) in [6, 6.07) is 8.04. The second kappa shape index (κ2) is 11.3.